The van der Waals surface area contributed by atoms with Gasteiger partial charge in [0.25, 0.3) is 11.8 Å². The Balaban J connectivity index is 1.20. The number of fused-ring (bicyclic) bond motifs is 2. The van der Waals surface area contributed by atoms with E-state index in [2.05, 4.69) is 25.8 Å². The molecule has 8 nitrogen and oxygen atoms in total. The average molecular weight is 478 g/mol. The van der Waals surface area contributed by atoms with Gasteiger partial charge >= 0.3 is 0 Å². The summed E-state index contributed by atoms with van der Waals surface area (Å²) in [5, 5.41) is 9.71. The Morgan fingerprint density at radius 3 is 2.34 bits per heavy atom. The molecule has 0 radical (unpaired) electrons. The maximum atomic E-state index is 13.0. The minimum absolute atomic E-state index is 0.0403. The minimum Gasteiger partial charge on any atom is -0.496 e. The summed E-state index contributed by atoms with van der Waals surface area (Å²) in [6, 6.07) is 10.5. The van der Waals surface area contributed by atoms with Gasteiger partial charge < -0.3 is 25.6 Å². The number of hydrogen-bond acceptors (Lipinski definition) is 6. The first-order chi connectivity index (χ1) is 17.0. The molecule has 4 heterocycles. The molecule has 8 heteroatoms. The van der Waals surface area contributed by atoms with Crippen LogP contribution < -0.4 is 25.6 Å². The van der Waals surface area contributed by atoms with E-state index >= 15 is 0 Å². The first-order valence-corrected chi connectivity index (χ1v) is 12.7. The molecule has 186 valence electrons. The van der Waals surface area contributed by atoms with E-state index in [4.69, 9.17) is 4.74 Å². The van der Waals surface area contributed by atoms with Gasteiger partial charge in [-0.15, -0.1) is 0 Å². The van der Waals surface area contributed by atoms with E-state index in [0.717, 1.165) is 68.7 Å². The summed E-state index contributed by atoms with van der Waals surface area (Å²) in [6.45, 7) is 3.81. The number of anilines is 1. The molecule has 35 heavy (non-hydrogen) atoms. The predicted molar refractivity (Wildman–Crippen MR) is 135 cm³/mol. The molecule has 3 aliphatic rings. The van der Waals surface area contributed by atoms with Gasteiger partial charge in [-0.05, 0) is 82.8 Å². The third kappa shape index (κ3) is 4.98. The highest BCUT2D eigenvalue weighted by Gasteiger charge is 2.42. The standard InChI is InChI=1S/C27H35N5O3/c1-17-23(4-3-5-24(17)35-2)27(34)31-20-14-21-7-8-22(15-20)32(21)25-9-6-18(16-29-25)26(33)30-19-10-12-28-13-11-19/h3-6,9,16,19-22,28H,7-8,10-15H2,1-2H3,(H,30,33)(H,31,34). The summed E-state index contributed by atoms with van der Waals surface area (Å²) in [7, 11) is 1.62. The Bertz CT molecular complexity index is 1050. The van der Waals surface area contributed by atoms with E-state index in [0.29, 0.717) is 23.2 Å². The van der Waals surface area contributed by atoms with E-state index in [1.165, 1.54) is 0 Å². The van der Waals surface area contributed by atoms with Crippen LogP contribution in [-0.4, -0.2) is 61.2 Å². The minimum atomic E-state index is -0.0480. The van der Waals surface area contributed by atoms with Crippen molar-refractivity contribution in [1.29, 1.82) is 0 Å². The van der Waals surface area contributed by atoms with Crippen LogP contribution >= 0.6 is 0 Å². The number of rotatable bonds is 6. The van der Waals surface area contributed by atoms with Gasteiger partial charge in [-0.25, -0.2) is 4.98 Å². The zero-order valence-corrected chi connectivity index (χ0v) is 20.5. The molecule has 2 aromatic rings. The third-order valence-corrected chi connectivity index (χ3v) is 7.77. The molecule has 0 saturated carbocycles. The van der Waals surface area contributed by atoms with Crippen LogP contribution in [0.5, 0.6) is 5.75 Å². The maximum Gasteiger partial charge on any atom is 0.253 e. The number of ether oxygens (including phenoxy) is 1. The Hall–Kier alpha value is -3.13. The normalized spacial score (nSPS) is 24.2. The number of methoxy groups -OCH3 is 1. The Labute approximate surface area is 206 Å². The molecule has 3 fully saturated rings. The van der Waals surface area contributed by atoms with Gasteiger partial charge in [0.2, 0.25) is 0 Å². The number of hydrogen-bond donors (Lipinski definition) is 3. The second-order valence-corrected chi connectivity index (χ2v) is 9.97. The predicted octanol–water partition coefficient (Wildman–Crippen LogP) is 2.81. The molecular weight excluding hydrogens is 442 g/mol. The molecule has 3 N–H and O–H groups in total. The first kappa shape index (κ1) is 23.6. The molecule has 5 rings (SSSR count). The second kappa shape index (κ2) is 10.2. The lowest BCUT2D eigenvalue weighted by Gasteiger charge is -2.40. The van der Waals surface area contributed by atoms with Crippen molar-refractivity contribution in [3.8, 4) is 5.75 Å². The van der Waals surface area contributed by atoms with Gasteiger partial charge in [0.1, 0.15) is 11.6 Å². The number of benzene rings is 1. The van der Waals surface area contributed by atoms with Crippen LogP contribution in [0.4, 0.5) is 5.82 Å². The number of nitrogens with one attached hydrogen (secondary N) is 3. The smallest absolute Gasteiger partial charge is 0.253 e. The van der Waals surface area contributed by atoms with Crippen LogP contribution in [-0.2, 0) is 0 Å². The Kier molecular flexibility index (Phi) is 6.90. The molecule has 1 aromatic heterocycles. The molecule has 0 aliphatic carbocycles. The van der Waals surface area contributed by atoms with Crippen molar-refractivity contribution in [2.45, 2.75) is 69.6 Å². The van der Waals surface area contributed by atoms with Gasteiger partial charge in [-0.1, -0.05) is 6.07 Å². The number of carbonyl (C=O) groups excluding carboxylic acids is 2. The molecule has 1 aromatic carbocycles. The van der Waals surface area contributed by atoms with Crippen LogP contribution in [0.3, 0.4) is 0 Å². The van der Waals surface area contributed by atoms with Gasteiger partial charge in [0.15, 0.2) is 0 Å². The monoisotopic (exact) mass is 477 g/mol. The van der Waals surface area contributed by atoms with E-state index in [1.807, 2.05) is 37.3 Å². The van der Waals surface area contributed by atoms with Crippen molar-refractivity contribution < 1.29 is 14.3 Å². The molecule has 2 unspecified atom stereocenters. The summed E-state index contributed by atoms with van der Waals surface area (Å²) >= 11 is 0. The van der Waals surface area contributed by atoms with Crippen LogP contribution in [0.15, 0.2) is 36.5 Å². The highest BCUT2D eigenvalue weighted by atomic mass is 16.5. The summed E-state index contributed by atoms with van der Waals surface area (Å²) in [5.74, 6) is 1.56. The first-order valence-electron chi connectivity index (χ1n) is 12.7. The lowest BCUT2D eigenvalue weighted by atomic mass is 9.96. The quantitative estimate of drug-likeness (QED) is 0.592. The van der Waals surface area contributed by atoms with Gasteiger partial charge in [0.05, 0.1) is 12.7 Å². The topological polar surface area (TPSA) is 95.6 Å². The third-order valence-electron chi connectivity index (χ3n) is 7.77. The highest BCUT2D eigenvalue weighted by Crippen LogP contribution is 2.38. The summed E-state index contributed by atoms with van der Waals surface area (Å²) < 4.78 is 5.37. The number of carbonyl (C=O) groups is 2. The fraction of sp³-hybridized carbons (Fsp3) is 0.519. The van der Waals surface area contributed by atoms with Crippen molar-refractivity contribution in [3.05, 3.63) is 53.2 Å². The number of piperidine rings is 2. The second-order valence-electron chi connectivity index (χ2n) is 9.97. The largest absolute Gasteiger partial charge is 0.496 e. The molecule has 3 saturated heterocycles. The number of aromatic nitrogens is 1. The van der Waals surface area contributed by atoms with Crippen molar-refractivity contribution >= 4 is 17.6 Å². The fourth-order valence-corrected chi connectivity index (χ4v) is 5.92. The van der Waals surface area contributed by atoms with Gasteiger partial charge in [-0.3, -0.25) is 9.59 Å². The molecular formula is C27H35N5O3. The lowest BCUT2D eigenvalue weighted by Crippen LogP contribution is -2.50. The lowest BCUT2D eigenvalue weighted by molar-refractivity contribution is 0.0919. The molecule has 2 atom stereocenters. The van der Waals surface area contributed by atoms with Crippen molar-refractivity contribution in [2.24, 2.45) is 0 Å². The molecule has 2 amide bonds. The molecule has 0 spiro atoms. The van der Waals surface area contributed by atoms with E-state index in [9.17, 15) is 9.59 Å². The van der Waals surface area contributed by atoms with Crippen LogP contribution in [0.25, 0.3) is 0 Å². The summed E-state index contributed by atoms with van der Waals surface area (Å²) in [5.41, 5.74) is 2.14. The van der Waals surface area contributed by atoms with Crippen molar-refractivity contribution in [2.75, 3.05) is 25.1 Å². The van der Waals surface area contributed by atoms with Crippen molar-refractivity contribution in [1.82, 2.24) is 20.9 Å². The summed E-state index contributed by atoms with van der Waals surface area (Å²) in [6.07, 6.45) is 7.59. The SMILES string of the molecule is COc1cccc(C(=O)NC2CC3CCC(C2)N3c2ccc(C(=O)NC3CCNCC3)cn2)c1C. The Morgan fingerprint density at radius 2 is 1.69 bits per heavy atom. The number of amides is 2. The molecule has 2 bridgehead atoms. The van der Waals surface area contributed by atoms with E-state index < -0.39 is 0 Å². The van der Waals surface area contributed by atoms with Gasteiger partial charge in [0, 0.05) is 41.5 Å². The fourth-order valence-electron chi connectivity index (χ4n) is 5.92. The van der Waals surface area contributed by atoms with Crippen LogP contribution in [0.1, 0.15) is 64.8 Å². The zero-order chi connectivity index (χ0) is 24.4. The highest BCUT2D eigenvalue weighted by molar-refractivity contribution is 5.96. The molecule has 3 aliphatic heterocycles. The number of nitrogens with zero attached hydrogens (tertiary/aromatic N) is 2. The van der Waals surface area contributed by atoms with Crippen LogP contribution in [0, 0.1) is 6.92 Å². The van der Waals surface area contributed by atoms with E-state index in [1.54, 1.807) is 13.3 Å². The number of pyridine rings is 1. The van der Waals surface area contributed by atoms with Gasteiger partial charge in [-0.2, -0.15) is 0 Å². The summed E-state index contributed by atoms with van der Waals surface area (Å²) in [4.78, 5) is 32.7. The average Bonchev–Trinajstić information content (AvgIpc) is 3.14. The van der Waals surface area contributed by atoms with E-state index in [-0.39, 0.29) is 23.9 Å². The van der Waals surface area contributed by atoms with Crippen LogP contribution in [0.2, 0.25) is 0 Å². The Morgan fingerprint density at radius 1 is 0.971 bits per heavy atom. The zero-order valence-electron chi connectivity index (χ0n) is 20.5. The maximum absolute atomic E-state index is 13.0. The van der Waals surface area contributed by atoms with Crippen molar-refractivity contribution in [3.63, 3.8) is 0 Å².